The molecule has 0 aromatic carbocycles. The average molecular weight is 655 g/mol. The molecule has 2 aromatic heterocycles. The third-order valence-corrected chi connectivity index (χ3v) is 7.62. The number of rotatable bonds is 20. The van der Waals surface area contributed by atoms with E-state index in [4.69, 9.17) is 21.7 Å². The monoisotopic (exact) mass is 654 g/mol. The van der Waals surface area contributed by atoms with Gasteiger partial charge in [0, 0.05) is 12.8 Å². The van der Waals surface area contributed by atoms with E-state index < -0.39 is 24.3 Å². The van der Waals surface area contributed by atoms with Crippen LogP contribution < -0.4 is 11.5 Å². The molecule has 0 aliphatic carbocycles. The minimum atomic E-state index is -0.968. The average Bonchev–Trinajstić information content (AvgIpc) is 3.09. The van der Waals surface area contributed by atoms with Gasteiger partial charge in [-0.05, 0) is 48.9 Å². The smallest absolute Gasteiger partial charge is 0.113 e. The van der Waals surface area contributed by atoms with E-state index in [0.29, 0.717) is 22.8 Å². The molecule has 47 heavy (non-hydrogen) atoms. The lowest BCUT2D eigenvalue weighted by molar-refractivity contribution is 0.106. The number of unbranched alkanes of at least 4 members (excludes halogenated alkanes) is 14. The SMILES string of the molecule is CCCCCCCCCC#Cc1cccc(C(O)C(N)CO)n1.CCCCCCCCCC#Cc1cccc(C(O)C(N)CO)n1.O. The quantitative estimate of drug-likeness (QED) is 0.0846. The summed E-state index contributed by atoms with van der Waals surface area (Å²) in [6.07, 6.45) is 17.7. The Labute approximate surface area is 283 Å². The molecule has 0 bridgehead atoms. The number of nitrogens with two attached hydrogens (primary N) is 2. The Morgan fingerprint density at radius 2 is 0.915 bits per heavy atom. The van der Waals surface area contributed by atoms with E-state index >= 15 is 0 Å². The number of aromatic nitrogens is 2. The molecule has 4 unspecified atom stereocenters. The van der Waals surface area contributed by atoms with Gasteiger partial charge in [-0.25, -0.2) is 9.97 Å². The maximum absolute atomic E-state index is 9.95. The zero-order valence-electron chi connectivity index (χ0n) is 28.8. The Morgan fingerprint density at radius 3 is 1.26 bits per heavy atom. The van der Waals surface area contributed by atoms with Crippen LogP contribution >= 0.6 is 0 Å². The lowest BCUT2D eigenvalue weighted by atomic mass is 10.1. The van der Waals surface area contributed by atoms with Crippen molar-refractivity contribution in [2.45, 2.75) is 141 Å². The van der Waals surface area contributed by atoms with Crippen LogP contribution in [0.3, 0.4) is 0 Å². The second-order valence-electron chi connectivity index (χ2n) is 11.8. The molecule has 0 spiro atoms. The molecule has 2 heterocycles. The Balaban J connectivity index is 0.000000882. The fourth-order valence-electron chi connectivity index (χ4n) is 4.66. The maximum atomic E-state index is 9.95. The summed E-state index contributed by atoms with van der Waals surface area (Å²) in [7, 11) is 0. The van der Waals surface area contributed by atoms with E-state index in [1.54, 1.807) is 24.3 Å². The lowest BCUT2D eigenvalue weighted by Gasteiger charge is -2.15. The molecule has 2 rings (SSSR count). The van der Waals surface area contributed by atoms with Crippen LogP contribution in [0.5, 0.6) is 0 Å². The summed E-state index contributed by atoms with van der Waals surface area (Å²) >= 11 is 0. The van der Waals surface area contributed by atoms with Crippen molar-refractivity contribution in [2.24, 2.45) is 11.5 Å². The standard InChI is InChI=1S/2C19H30N2O2.H2O/c2*1-2-3-4-5-6-7-8-9-10-12-16-13-11-14-18(21-16)19(23)17(20)15-22;/h2*11,13-14,17,19,22-23H,2-9,15,20H2,1H3;1H2. The zero-order valence-corrected chi connectivity index (χ0v) is 28.8. The molecule has 0 fully saturated rings. The van der Waals surface area contributed by atoms with Gasteiger partial charge in [-0.3, -0.25) is 0 Å². The summed E-state index contributed by atoms with van der Waals surface area (Å²) in [5.74, 6) is 12.3. The molecule has 0 saturated carbocycles. The zero-order chi connectivity index (χ0) is 33.8. The molecule has 2 aromatic rings. The fourth-order valence-corrected chi connectivity index (χ4v) is 4.66. The highest BCUT2D eigenvalue weighted by atomic mass is 16.3. The second-order valence-corrected chi connectivity index (χ2v) is 11.8. The highest BCUT2D eigenvalue weighted by molar-refractivity contribution is 5.30. The van der Waals surface area contributed by atoms with Gasteiger partial charge in [0.05, 0.1) is 36.7 Å². The van der Waals surface area contributed by atoms with Crippen molar-refractivity contribution in [1.82, 2.24) is 9.97 Å². The third kappa shape index (κ3) is 20.9. The number of nitrogens with zero attached hydrogens (tertiary/aromatic N) is 2. The Hall–Kier alpha value is -2.86. The van der Waals surface area contributed by atoms with E-state index in [2.05, 4.69) is 47.5 Å². The van der Waals surface area contributed by atoms with Gasteiger partial charge in [0.1, 0.15) is 23.6 Å². The molecular weight excluding hydrogens is 592 g/mol. The third-order valence-electron chi connectivity index (χ3n) is 7.62. The summed E-state index contributed by atoms with van der Waals surface area (Å²) in [5, 5.41) is 37.9. The molecule has 9 heteroatoms. The summed E-state index contributed by atoms with van der Waals surface area (Å²) in [6.45, 7) is 3.90. The van der Waals surface area contributed by atoms with Gasteiger partial charge < -0.3 is 37.4 Å². The molecular formula is C38H62N4O5. The number of pyridine rings is 2. The second kappa shape index (κ2) is 29.3. The van der Waals surface area contributed by atoms with Gasteiger partial charge in [0.15, 0.2) is 0 Å². The van der Waals surface area contributed by atoms with Crippen LogP contribution in [0.25, 0.3) is 0 Å². The van der Waals surface area contributed by atoms with Gasteiger partial charge in [0.2, 0.25) is 0 Å². The predicted molar refractivity (Wildman–Crippen MR) is 191 cm³/mol. The first kappa shape index (κ1) is 44.1. The molecule has 0 amide bonds. The van der Waals surface area contributed by atoms with Crippen molar-refractivity contribution >= 4 is 0 Å². The van der Waals surface area contributed by atoms with Gasteiger partial charge >= 0.3 is 0 Å². The first-order valence-electron chi connectivity index (χ1n) is 17.4. The first-order chi connectivity index (χ1) is 22.4. The summed E-state index contributed by atoms with van der Waals surface area (Å²) in [4.78, 5) is 8.59. The van der Waals surface area contributed by atoms with Crippen molar-refractivity contribution in [1.29, 1.82) is 0 Å². The maximum Gasteiger partial charge on any atom is 0.113 e. The van der Waals surface area contributed by atoms with Crippen LogP contribution in [0.15, 0.2) is 36.4 Å². The fraction of sp³-hybridized carbons (Fsp3) is 0.632. The van der Waals surface area contributed by atoms with Crippen molar-refractivity contribution in [3.8, 4) is 23.7 Å². The lowest BCUT2D eigenvalue weighted by Crippen LogP contribution is -2.32. The van der Waals surface area contributed by atoms with Crippen molar-refractivity contribution in [2.75, 3.05) is 13.2 Å². The predicted octanol–water partition coefficient (Wildman–Crippen LogP) is 5.03. The van der Waals surface area contributed by atoms with E-state index in [9.17, 15) is 10.2 Å². The number of aliphatic hydroxyl groups excluding tert-OH is 4. The van der Waals surface area contributed by atoms with Crippen molar-refractivity contribution in [3.63, 3.8) is 0 Å². The van der Waals surface area contributed by atoms with Gasteiger partial charge in [-0.2, -0.15) is 0 Å². The van der Waals surface area contributed by atoms with Crippen LogP contribution in [-0.4, -0.2) is 61.2 Å². The highest BCUT2D eigenvalue weighted by Crippen LogP contribution is 2.15. The molecule has 10 N–H and O–H groups in total. The molecule has 0 saturated heterocycles. The van der Waals surface area contributed by atoms with E-state index in [1.165, 1.54) is 77.0 Å². The molecule has 9 nitrogen and oxygen atoms in total. The molecule has 0 aliphatic rings. The normalized spacial score (nSPS) is 12.9. The Kier molecular flexibility index (Phi) is 27.5. The Bertz CT molecular complexity index is 1080. The summed E-state index contributed by atoms with van der Waals surface area (Å²) < 4.78 is 0. The molecule has 0 radical (unpaired) electrons. The first-order valence-corrected chi connectivity index (χ1v) is 17.4. The molecule has 264 valence electrons. The van der Waals surface area contributed by atoms with Crippen molar-refractivity contribution < 1.29 is 25.9 Å². The van der Waals surface area contributed by atoms with Crippen LogP contribution in [0, 0.1) is 23.7 Å². The largest absolute Gasteiger partial charge is 0.412 e. The van der Waals surface area contributed by atoms with Gasteiger partial charge in [-0.1, -0.05) is 115 Å². The molecule has 4 atom stereocenters. The summed E-state index contributed by atoms with van der Waals surface area (Å²) in [6, 6.07) is 9.18. The molecule has 0 aliphatic heterocycles. The topological polar surface area (TPSA) is 190 Å². The van der Waals surface area contributed by atoms with Crippen LogP contribution in [-0.2, 0) is 0 Å². The van der Waals surface area contributed by atoms with Crippen LogP contribution in [0.4, 0.5) is 0 Å². The Morgan fingerprint density at radius 1 is 0.574 bits per heavy atom. The summed E-state index contributed by atoms with van der Waals surface area (Å²) in [5.41, 5.74) is 13.4. The minimum Gasteiger partial charge on any atom is -0.412 e. The van der Waals surface area contributed by atoms with Crippen LogP contribution in [0.2, 0.25) is 0 Å². The van der Waals surface area contributed by atoms with E-state index in [1.807, 2.05) is 12.1 Å². The van der Waals surface area contributed by atoms with Crippen molar-refractivity contribution in [3.05, 3.63) is 59.2 Å². The van der Waals surface area contributed by atoms with E-state index in [0.717, 1.165) is 25.7 Å². The van der Waals surface area contributed by atoms with Crippen LogP contribution in [0.1, 0.15) is 152 Å². The number of hydrogen-bond donors (Lipinski definition) is 6. The van der Waals surface area contributed by atoms with E-state index in [-0.39, 0.29) is 18.7 Å². The van der Waals surface area contributed by atoms with Gasteiger partial charge in [-0.15, -0.1) is 0 Å². The highest BCUT2D eigenvalue weighted by Gasteiger charge is 2.18. The number of hydrogen-bond acceptors (Lipinski definition) is 8. The van der Waals surface area contributed by atoms with Gasteiger partial charge in [0.25, 0.3) is 0 Å². The minimum absolute atomic E-state index is 0. The number of aliphatic hydroxyl groups is 4.